The number of nitrogens with zero attached hydrogens (tertiary/aromatic N) is 4. The molecule has 0 aliphatic carbocycles. The predicted molar refractivity (Wildman–Crippen MR) is 116 cm³/mol. The Morgan fingerprint density at radius 3 is 2.50 bits per heavy atom. The number of nitrogens with two attached hydrogens (primary N) is 1. The molecule has 1 aliphatic rings. The first-order valence-electron chi connectivity index (χ1n) is 10.4. The van der Waals surface area contributed by atoms with Crippen LogP contribution in [0.15, 0.2) is 6.07 Å². The molecule has 0 saturated carbocycles. The lowest BCUT2D eigenvalue weighted by molar-refractivity contribution is 0.0240. The fourth-order valence-electron chi connectivity index (χ4n) is 2.97. The van der Waals surface area contributed by atoms with E-state index in [-0.39, 0.29) is 17.9 Å². The van der Waals surface area contributed by atoms with Gasteiger partial charge in [-0.3, -0.25) is 5.41 Å². The Morgan fingerprint density at radius 2 is 1.90 bits per heavy atom. The van der Waals surface area contributed by atoms with Gasteiger partial charge in [0.05, 0.1) is 6.61 Å². The van der Waals surface area contributed by atoms with E-state index in [4.69, 9.17) is 20.6 Å². The quantitative estimate of drug-likeness (QED) is 0.311. The number of nitrogen functional groups attached to an aromatic ring is 1. The first-order valence-corrected chi connectivity index (χ1v) is 10.4. The van der Waals surface area contributed by atoms with Gasteiger partial charge in [0.15, 0.2) is 0 Å². The Hall–Kier alpha value is -2.62. The summed E-state index contributed by atoms with van der Waals surface area (Å²) < 4.78 is 11.2. The molecule has 1 aromatic heterocycles. The summed E-state index contributed by atoms with van der Waals surface area (Å²) in [6.45, 7) is 9.29. The Bertz CT molecular complexity index is 713. The van der Waals surface area contributed by atoms with Crippen molar-refractivity contribution in [3.05, 3.63) is 11.8 Å². The lowest BCUT2D eigenvalue weighted by atomic mass is 10.2. The van der Waals surface area contributed by atoms with Crippen molar-refractivity contribution in [2.24, 2.45) is 5.73 Å². The molecule has 0 spiro atoms. The third-order valence-electron chi connectivity index (χ3n) is 4.53. The first-order chi connectivity index (χ1) is 14.2. The number of anilines is 1. The average Bonchev–Trinajstić information content (AvgIpc) is 2.69. The van der Waals surface area contributed by atoms with E-state index in [0.29, 0.717) is 44.3 Å². The minimum absolute atomic E-state index is 0.134. The fraction of sp³-hybridized carbons (Fsp3) is 0.700. The monoisotopic (exact) mass is 421 g/mol. The summed E-state index contributed by atoms with van der Waals surface area (Å²) in [4.78, 5) is 24.7. The number of carbonyl (C=O) groups is 1. The van der Waals surface area contributed by atoms with Crippen LogP contribution in [0.3, 0.4) is 0 Å². The van der Waals surface area contributed by atoms with E-state index in [1.165, 1.54) is 0 Å². The lowest BCUT2D eigenvalue weighted by Gasteiger charge is -2.36. The summed E-state index contributed by atoms with van der Waals surface area (Å²) in [6.07, 6.45) is 2.73. The van der Waals surface area contributed by atoms with Crippen LogP contribution in [0, 0.1) is 5.41 Å². The number of amides is 1. The number of carbonyl (C=O) groups excluding carboxylic acids is 1. The smallest absolute Gasteiger partial charge is 0.410 e. The normalized spacial score (nSPS) is 14.5. The molecule has 168 valence electrons. The van der Waals surface area contributed by atoms with Gasteiger partial charge >= 0.3 is 12.1 Å². The third-order valence-corrected chi connectivity index (χ3v) is 4.53. The highest BCUT2D eigenvalue weighted by Gasteiger charge is 2.27. The van der Waals surface area contributed by atoms with Gasteiger partial charge < -0.3 is 30.3 Å². The molecule has 2 heterocycles. The molecule has 10 nitrogen and oxygen atoms in total. The van der Waals surface area contributed by atoms with E-state index >= 15 is 0 Å². The second kappa shape index (κ2) is 11.0. The van der Waals surface area contributed by atoms with Gasteiger partial charge in [0, 0.05) is 32.2 Å². The van der Waals surface area contributed by atoms with E-state index in [1.54, 1.807) is 11.0 Å². The molecule has 0 atom stereocenters. The van der Waals surface area contributed by atoms with Crippen LogP contribution >= 0.6 is 0 Å². The number of rotatable bonds is 9. The zero-order chi connectivity index (χ0) is 22.1. The number of piperazine rings is 1. The first kappa shape index (κ1) is 23.7. The maximum atomic E-state index is 12.3. The van der Waals surface area contributed by atoms with Crippen LogP contribution in [0.1, 0.15) is 45.7 Å². The molecule has 2 rings (SSSR count). The average molecular weight is 422 g/mol. The van der Waals surface area contributed by atoms with Gasteiger partial charge in [-0.05, 0) is 53.6 Å². The Kier molecular flexibility index (Phi) is 8.64. The second-order valence-electron chi connectivity index (χ2n) is 8.27. The molecule has 10 heteroatoms. The van der Waals surface area contributed by atoms with Gasteiger partial charge in [0.1, 0.15) is 22.9 Å². The van der Waals surface area contributed by atoms with Crippen LogP contribution in [0.2, 0.25) is 0 Å². The summed E-state index contributed by atoms with van der Waals surface area (Å²) in [7, 11) is 1.94. The highest BCUT2D eigenvalue weighted by Crippen LogP contribution is 2.19. The molecular formula is C20H35N7O3. The predicted octanol–water partition coefficient (Wildman–Crippen LogP) is 1.59. The number of unbranched alkanes of at least 4 members (excludes halogenated alkanes) is 2. The van der Waals surface area contributed by atoms with Crippen molar-refractivity contribution in [1.82, 2.24) is 20.2 Å². The molecule has 30 heavy (non-hydrogen) atoms. The largest absolute Gasteiger partial charge is 0.463 e. The summed E-state index contributed by atoms with van der Waals surface area (Å²) >= 11 is 0. The van der Waals surface area contributed by atoms with Crippen molar-refractivity contribution < 1.29 is 14.3 Å². The van der Waals surface area contributed by atoms with Gasteiger partial charge in [0.25, 0.3) is 0 Å². The van der Waals surface area contributed by atoms with Crippen LogP contribution in [0.25, 0.3) is 0 Å². The van der Waals surface area contributed by atoms with Crippen molar-refractivity contribution in [2.75, 3.05) is 51.3 Å². The molecule has 1 aromatic rings. The third kappa shape index (κ3) is 7.66. The fourth-order valence-corrected chi connectivity index (χ4v) is 2.97. The molecule has 0 bridgehead atoms. The molecule has 0 unspecified atom stereocenters. The van der Waals surface area contributed by atoms with Crippen molar-refractivity contribution in [1.29, 1.82) is 5.41 Å². The van der Waals surface area contributed by atoms with E-state index in [1.807, 2.05) is 32.7 Å². The number of amidine groups is 1. The molecule has 0 radical (unpaired) electrons. The minimum Gasteiger partial charge on any atom is -0.463 e. The molecule has 1 fully saturated rings. The van der Waals surface area contributed by atoms with E-state index in [2.05, 4.69) is 15.3 Å². The maximum Gasteiger partial charge on any atom is 0.410 e. The lowest BCUT2D eigenvalue weighted by Crippen LogP contribution is -2.50. The zero-order valence-electron chi connectivity index (χ0n) is 18.5. The molecule has 1 saturated heterocycles. The highest BCUT2D eigenvalue weighted by molar-refractivity contribution is 5.93. The molecule has 1 aliphatic heterocycles. The second-order valence-corrected chi connectivity index (χ2v) is 8.27. The summed E-state index contributed by atoms with van der Waals surface area (Å²) in [5.74, 6) is 0.508. The molecular weight excluding hydrogens is 386 g/mol. The van der Waals surface area contributed by atoms with Crippen molar-refractivity contribution >= 4 is 17.7 Å². The van der Waals surface area contributed by atoms with Gasteiger partial charge in [0.2, 0.25) is 0 Å². The highest BCUT2D eigenvalue weighted by atomic mass is 16.6. The van der Waals surface area contributed by atoms with Crippen LogP contribution < -0.4 is 20.7 Å². The van der Waals surface area contributed by atoms with Crippen LogP contribution in [0.4, 0.5) is 10.6 Å². The van der Waals surface area contributed by atoms with E-state index in [9.17, 15) is 4.79 Å². The topological polar surface area (TPSA) is 130 Å². The van der Waals surface area contributed by atoms with Crippen LogP contribution in [-0.2, 0) is 4.74 Å². The van der Waals surface area contributed by atoms with Gasteiger partial charge in [-0.1, -0.05) is 0 Å². The van der Waals surface area contributed by atoms with Gasteiger partial charge in [-0.2, -0.15) is 9.97 Å². The van der Waals surface area contributed by atoms with Gasteiger partial charge in [-0.25, -0.2) is 4.79 Å². The summed E-state index contributed by atoms with van der Waals surface area (Å²) in [6, 6.07) is 1.91. The maximum absolute atomic E-state index is 12.3. The van der Waals surface area contributed by atoms with Crippen LogP contribution in [0.5, 0.6) is 6.01 Å². The zero-order valence-corrected chi connectivity index (χ0v) is 18.5. The summed E-state index contributed by atoms with van der Waals surface area (Å²) in [5, 5.41) is 10.9. The molecule has 0 aromatic carbocycles. The van der Waals surface area contributed by atoms with Crippen molar-refractivity contribution in [3.8, 4) is 6.01 Å². The number of nitrogens with one attached hydrogen (secondary N) is 2. The van der Waals surface area contributed by atoms with E-state index in [0.717, 1.165) is 25.8 Å². The van der Waals surface area contributed by atoms with Crippen molar-refractivity contribution in [3.63, 3.8) is 0 Å². The van der Waals surface area contributed by atoms with Gasteiger partial charge in [-0.15, -0.1) is 0 Å². The molecule has 4 N–H and O–H groups in total. The Morgan fingerprint density at radius 1 is 1.20 bits per heavy atom. The minimum atomic E-state index is -0.517. The number of aromatic nitrogens is 2. The SMILES string of the molecule is CNCCCCCOc1nc(C(=N)N)cc(N2CCN(C(=O)OC(C)(C)C)CC2)n1. The Balaban J connectivity index is 1.97. The Labute approximate surface area is 178 Å². The summed E-state index contributed by atoms with van der Waals surface area (Å²) in [5.41, 5.74) is 5.47. The van der Waals surface area contributed by atoms with E-state index < -0.39 is 5.60 Å². The molecule has 1 amide bonds. The standard InChI is InChI=1S/C20H35N7O3/c1-20(2,3)30-19(28)27-11-9-26(10-12-27)16-14-15(17(21)22)24-18(25-16)29-13-7-5-6-8-23-4/h14,23H,5-13H2,1-4H3,(H3,21,22). The number of ether oxygens (including phenoxy) is 2. The van der Waals surface area contributed by atoms with Crippen LogP contribution in [-0.4, -0.2) is 78.8 Å². The number of hydrogen-bond acceptors (Lipinski definition) is 8. The van der Waals surface area contributed by atoms with Crippen molar-refractivity contribution in [2.45, 2.75) is 45.6 Å². The number of hydrogen-bond donors (Lipinski definition) is 3.